The fourth-order valence-electron chi connectivity index (χ4n) is 1.75. The summed E-state index contributed by atoms with van der Waals surface area (Å²) >= 11 is 1.90. The lowest BCUT2D eigenvalue weighted by molar-refractivity contribution is 0.630. The van der Waals surface area contributed by atoms with E-state index in [9.17, 15) is 0 Å². The summed E-state index contributed by atoms with van der Waals surface area (Å²) in [6.07, 6.45) is 5.33. The van der Waals surface area contributed by atoms with Gasteiger partial charge in [0.15, 0.2) is 0 Å². The predicted molar refractivity (Wildman–Crippen MR) is 82.6 cm³/mol. The van der Waals surface area contributed by atoms with Gasteiger partial charge in [-0.05, 0) is 51.5 Å². The molecule has 1 rings (SSSR count). The summed E-state index contributed by atoms with van der Waals surface area (Å²) < 4.78 is 0. The van der Waals surface area contributed by atoms with Crippen LogP contribution in [0.2, 0.25) is 0 Å². The normalized spacial score (nSPS) is 14.3. The zero-order valence-corrected chi connectivity index (χ0v) is 12.9. The summed E-state index contributed by atoms with van der Waals surface area (Å²) in [5, 5.41) is 3.20. The molecule has 4 heteroatoms. The Morgan fingerprint density at radius 2 is 2.11 bits per heavy atom. The molecule has 0 amide bonds. The second-order valence-electron chi connectivity index (χ2n) is 4.69. The van der Waals surface area contributed by atoms with Crippen LogP contribution in [0.4, 0.5) is 5.69 Å². The van der Waals surface area contributed by atoms with Crippen LogP contribution in [0.25, 0.3) is 0 Å². The molecule has 0 spiro atoms. The molecule has 102 valence electrons. The summed E-state index contributed by atoms with van der Waals surface area (Å²) in [6, 6.07) is 5.12. The van der Waals surface area contributed by atoms with E-state index in [0.717, 1.165) is 5.69 Å². The summed E-state index contributed by atoms with van der Waals surface area (Å²) in [7, 11) is 4.10. The van der Waals surface area contributed by atoms with Crippen LogP contribution in [-0.2, 0) is 0 Å². The van der Waals surface area contributed by atoms with Crippen molar-refractivity contribution in [1.29, 1.82) is 0 Å². The van der Waals surface area contributed by atoms with E-state index >= 15 is 0 Å². The van der Waals surface area contributed by atoms with Gasteiger partial charge in [0, 0.05) is 19.1 Å². The van der Waals surface area contributed by atoms with Crippen LogP contribution in [-0.4, -0.2) is 37.1 Å². The molecule has 3 nitrogen and oxygen atoms in total. The monoisotopic (exact) mass is 267 g/mol. The lowest BCUT2D eigenvalue weighted by atomic mass is 10.2. The van der Waals surface area contributed by atoms with Gasteiger partial charge in [-0.3, -0.25) is 4.98 Å². The lowest BCUT2D eigenvalue weighted by Gasteiger charge is -2.27. The Kier molecular flexibility index (Phi) is 6.50. The number of thioether (sulfide) groups is 1. The highest BCUT2D eigenvalue weighted by Crippen LogP contribution is 2.18. The molecule has 0 aliphatic rings. The topological polar surface area (TPSA) is 28.2 Å². The Morgan fingerprint density at radius 3 is 2.61 bits per heavy atom. The highest BCUT2D eigenvalue weighted by Gasteiger charge is 2.11. The van der Waals surface area contributed by atoms with Crippen LogP contribution in [0.15, 0.2) is 18.3 Å². The maximum atomic E-state index is 4.52. The van der Waals surface area contributed by atoms with Crippen LogP contribution in [0.5, 0.6) is 0 Å². The van der Waals surface area contributed by atoms with E-state index in [1.165, 1.54) is 17.9 Å². The smallest absolute Gasteiger partial charge is 0.0571 e. The molecule has 1 N–H and O–H groups in total. The third-order valence-corrected chi connectivity index (χ3v) is 4.10. The van der Waals surface area contributed by atoms with E-state index in [1.807, 2.05) is 25.0 Å². The fourth-order valence-corrected chi connectivity index (χ4v) is 2.32. The first kappa shape index (κ1) is 15.3. The van der Waals surface area contributed by atoms with Crippen LogP contribution in [0.1, 0.15) is 32.0 Å². The Hall–Kier alpha value is -0.740. The average molecular weight is 267 g/mol. The van der Waals surface area contributed by atoms with Crippen molar-refractivity contribution in [2.24, 2.45) is 0 Å². The van der Waals surface area contributed by atoms with Crippen molar-refractivity contribution in [3.63, 3.8) is 0 Å². The zero-order chi connectivity index (χ0) is 13.5. The minimum absolute atomic E-state index is 0.304. The highest BCUT2D eigenvalue weighted by atomic mass is 32.2. The van der Waals surface area contributed by atoms with Crippen molar-refractivity contribution in [1.82, 2.24) is 10.3 Å². The van der Waals surface area contributed by atoms with Gasteiger partial charge in [-0.1, -0.05) is 0 Å². The zero-order valence-electron chi connectivity index (χ0n) is 12.1. The van der Waals surface area contributed by atoms with E-state index in [0.29, 0.717) is 12.1 Å². The Bertz CT molecular complexity index is 339. The van der Waals surface area contributed by atoms with E-state index in [4.69, 9.17) is 0 Å². The van der Waals surface area contributed by atoms with Gasteiger partial charge >= 0.3 is 0 Å². The van der Waals surface area contributed by atoms with Gasteiger partial charge in [0.2, 0.25) is 0 Å². The minimum atomic E-state index is 0.304. The molecular weight excluding hydrogens is 242 g/mol. The number of hydrogen-bond acceptors (Lipinski definition) is 4. The first-order chi connectivity index (χ1) is 8.60. The summed E-state index contributed by atoms with van der Waals surface area (Å²) in [6.45, 7) is 4.38. The van der Waals surface area contributed by atoms with Gasteiger partial charge in [0.1, 0.15) is 0 Å². The van der Waals surface area contributed by atoms with Gasteiger partial charge in [0.25, 0.3) is 0 Å². The Balaban J connectivity index is 2.66. The van der Waals surface area contributed by atoms with Crippen molar-refractivity contribution >= 4 is 17.4 Å². The van der Waals surface area contributed by atoms with Crippen LogP contribution in [0, 0.1) is 0 Å². The van der Waals surface area contributed by atoms with Gasteiger partial charge in [-0.15, -0.1) is 0 Å². The first-order valence-corrected chi connectivity index (χ1v) is 7.84. The van der Waals surface area contributed by atoms with Crippen molar-refractivity contribution in [3.05, 3.63) is 24.0 Å². The third kappa shape index (κ3) is 4.18. The first-order valence-electron chi connectivity index (χ1n) is 6.45. The second kappa shape index (κ2) is 7.64. The minimum Gasteiger partial charge on any atom is -0.371 e. The van der Waals surface area contributed by atoms with Crippen LogP contribution in [0.3, 0.4) is 0 Å². The van der Waals surface area contributed by atoms with Crippen molar-refractivity contribution in [3.8, 4) is 0 Å². The summed E-state index contributed by atoms with van der Waals surface area (Å²) in [5.74, 6) is 1.20. The fraction of sp³-hybridized carbons (Fsp3) is 0.643. The van der Waals surface area contributed by atoms with Crippen LogP contribution < -0.4 is 10.2 Å². The molecule has 0 fully saturated rings. The molecular formula is C14H25N3S. The van der Waals surface area contributed by atoms with E-state index in [1.54, 1.807) is 0 Å². The second-order valence-corrected chi connectivity index (χ2v) is 5.68. The SMILES string of the molecule is CNC(C)c1ccc(N(C)C(C)CCSC)cn1. The molecule has 0 radical (unpaired) electrons. The molecule has 2 unspecified atom stereocenters. The number of nitrogens with one attached hydrogen (secondary N) is 1. The number of nitrogens with zero attached hydrogens (tertiary/aromatic N) is 2. The molecule has 0 aliphatic carbocycles. The Labute approximate surface area is 115 Å². The quantitative estimate of drug-likeness (QED) is 0.822. The molecule has 1 heterocycles. The summed E-state index contributed by atoms with van der Waals surface area (Å²) in [5.41, 5.74) is 2.28. The number of aromatic nitrogens is 1. The number of hydrogen-bond donors (Lipinski definition) is 1. The Morgan fingerprint density at radius 1 is 1.39 bits per heavy atom. The largest absolute Gasteiger partial charge is 0.371 e. The predicted octanol–water partition coefficient (Wildman–Crippen LogP) is 2.94. The number of pyridine rings is 1. The standard InChI is InChI=1S/C14H25N3S/c1-11(8-9-18-5)17(4)13-6-7-14(16-10-13)12(2)15-3/h6-7,10-12,15H,8-9H2,1-5H3. The maximum Gasteiger partial charge on any atom is 0.0571 e. The molecule has 18 heavy (non-hydrogen) atoms. The van der Waals surface area contributed by atoms with Gasteiger partial charge in [-0.25, -0.2) is 0 Å². The summed E-state index contributed by atoms with van der Waals surface area (Å²) in [4.78, 5) is 6.83. The molecule has 0 aliphatic heterocycles. The van der Waals surface area contributed by atoms with Crippen molar-refractivity contribution in [2.45, 2.75) is 32.4 Å². The molecule has 2 atom stereocenters. The average Bonchev–Trinajstić information content (AvgIpc) is 2.43. The maximum absolute atomic E-state index is 4.52. The van der Waals surface area contributed by atoms with Gasteiger partial charge in [0.05, 0.1) is 17.6 Å². The highest BCUT2D eigenvalue weighted by molar-refractivity contribution is 7.98. The van der Waals surface area contributed by atoms with E-state index < -0.39 is 0 Å². The molecule has 1 aromatic rings. The molecule has 1 aromatic heterocycles. The van der Waals surface area contributed by atoms with Gasteiger partial charge < -0.3 is 10.2 Å². The van der Waals surface area contributed by atoms with Crippen molar-refractivity contribution < 1.29 is 0 Å². The molecule has 0 saturated heterocycles. The van der Waals surface area contributed by atoms with Crippen molar-refractivity contribution in [2.75, 3.05) is 31.0 Å². The number of rotatable bonds is 7. The van der Waals surface area contributed by atoms with E-state index in [2.05, 4.69) is 54.5 Å². The molecule has 0 saturated carbocycles. The van der Waals surface area contributed by atoms with Gasteiger partial charge in [-0.2, -0.15) is 11.8 Å². The number of anilines is 1. The molecule has 0 aromatic carbocycles. The molecule has 0 bridgehead atoms. The van der Waals surface area contributed by atoms with E-state index in [-0.39, 0.29) is 0 Å². The lowest BCUT2D eigenvalue weighted by Crippen LogP contribution is -2.29. The third-order valence-electron chi connectivity index (χ3n) is 3.46. The van der Waals surface area contributed by atoms with Crippen LogP contribution >= 0.6 is 11.8 Å².